The van der Waals surface area contributed by atoms with Gasteiger partial charge in [0.05, 0.1) is 12.2 Å². The number of ether oxygens (including phenoxy) is 2. The fourth-order valence-corrected chi connectivity index (χ4v) is 3.38. The molecular formula is C22H27FN2O4. The molecule has 1 atom stereocenters. The van der Waals surface area contributed by atoms with Crippen molar-refractivity contribution >= 4 is 17.3 Å². The molecule has 1 aliphatic rings. The monoisotopic (exact) mass is 402 g/mol. The standard InChI is InChI=1S/C22H27FN2O4/c1-2-28-21(22(26)27)14-16-4-7-18(8-5-16)24-10-3-11-25-12-13-29-20-15-17(23)6-9-19(20)25/h4-9,15,21,24H,2-3,10-14H2,1H3,(H,26,27). The summed E-state index contributed by atoms with van der Waals surface area (Å²) in [6, 6.07) is 12.4. The number of halogens is 1. The van der Waals surface area contributed by atoms with Crippen LogP contribution in [0.15, 0.2) is 42.5 Å². The van der Waals surface area contributed by atoms with Crippen LogP contribution in [0, 0.1) is 5.82 Å². The van der Waals surface area contributed by atoms with Gasteiger partial charge in [0.2, 0.25) is 0 Å². The van der Waals surface area contributed by atoms with Crippen LogP contribution >= 0.6 is 0 Å². The first-order chi connectivity index (χ1) is 14.1. The maximum Gasteiger partial charge on any atom is 0.333 e. The van der Waals surface area contributed by atoms with E-state index in [9.17, 15) is 14.3 Å². The molecule has 2 N–H and O–H groups in total. The van der Waals surface area contributed by atoms with Crippen LogP contribution in [0.1, 0.15) is 18.9 Å². The minimum absolute atomic E-state index is 0.286. The number of aliphatic carboxylic acids is 1. The average Bonchev–Trinajstić information content (AvgIpc) is 2.71. The molecule has 1 aliphatic heterocycles. The Morgan fingerprint density at radius 1 is 1.31 bits per heavy atom. The van der Waals surface area contributed by atoms with E-state index in [1.807, 2.05) is 24.3 Å². The Balaban J connectivity index is 1.45. The van der Waals surface area contributed by atoms with Crippen molar-refractivity contribution < 1.29 is 23.8 Å². The SMILES string of the molecule is CCOC(Cc1ccc(NCCCN2CCOc3cc(F)ccc32)cc1)C(=O)O. The fourth-order valence-electron chi connectivity index (χ4n) is 3.38. The number of carbonyl (C=O) groups is 1. The number of hydrogen-bond acceptors (Lipinski definition) is 5. The second kappa shape index (κ2) is 10.1. The summed E-state index contributed by atoms with van der Waals surface area (Å²) in [4.78, 5) is 13.4. The Labute approximate surface area is 170 Å². The highest BCUT2D eigenvalue weighted by molar-refractivity contribution is 5.72. The zero-order chi connectivity index (χ0) is 20.6. The Morgan fingerprint density at radius 2 is 2.10 bits per heavy atom. The molecule has 1 heterocycles. The number of anilines is 2. The molecule has 156 valence electrons. The van der Waals surface area contributed by atoms with Gasteiger partial charge in [-0.3, -0.25) is 0 Å². The topological polar surface area (TPSA) is 71.0 Å². The summed E-state index contributed by atoms with van der Waals surface area (Å²) in [6.07, 6.45) is 0.452. The average molecular weight is 402 g/mol. The first-order valence-corrected chi connectivity index (χ1v) is 9.91. The van der Waals surface area contributed by atoms with Crippen molar-refractivity contribution in [1.82, 2.24) is 0 Å². The summed E-state index contributed by atoms with van der Waals surface area (Å²) in [6.45, 7) is 5.16. The van der Waals surface area contributed by atoms with Crippen molar-refractivity contribution in [2.75, 3.05) is 43.1 Å². The molecule has 0 amide bonds. The van der Waals surface area contributed by atoms with Crippen LogP contribution in [-0.4, -0.2) is 50.0 Å². The molecule has 0 aromatic heterocycles. The van der Waals surface area contributed by atoms with Crippen molar-refractivity contribution in [3.05, 3.63) is 53.8 Å². The summed E-state index contributed by atoms with van der Waals surface area (Å²) in [5.41, 5.74) is 2.85. The predicted octanol–water partition coefficient (Wildman–Crippen LogP) is 3.56. The van der Waals surface area contributed by atoms with Gasteiger partial charge in [-0.05, 0) is 43.2 Å². The van der Waals surface area contributed by atoms with Crippen molar-refractivity contribution in [3.63, 3.8) is 0 Å². The molecule has 6 nitrogen and oxygen atoms in total. The fraction of sp³-hybridized carbons (Fsp3) is 0.409. The first-order valence-electron chi connectivity index (χ1n) is 9.91. The molecule has 7 heteroatoms. The number of nitrogens with zero attached hydrogens (tertiary/aromatic N) is 1. The van der Waals surface area contributed by atoms with Gasteiger partial charge in [0.25, 0.3) is 0 Å². The van der Waals surface area contributed by atoms with Gasteiger partial charge in [0, 0.05) is 37.9 Å². The first kappa shape index (κ1) is 20.9. The molecule has 0 aliphatic carbocycles. The van der Waals surface area contributed by atoms with E-state index in [0.29, 0.717) is 25.4 Å². The lowest BCUT2D eigenvalue weighted by Gasteiger charge is -2.31. The quantitative estimate of drug-likeness (QED) is 0.592. The van der Waals surface area contributed by atoms with E-state index < -0.39 is 12.1 Å². The van der Waals surface area contributed by atoms with Crippen molar-refractivity contribution in [1.29, 1.82) is 0 Å². The molecule has 0 radical (unpaired) electrons. The van der Waals surface area contributed by atoms with Crippen LogP contribution in [0.2, 0.25) is 0 Å². The van der Waals surface area contributed by atoms with E-state index >= 15 is 0 Å². The van der Waals surface area contributed by atoms with E-state index in [4.69, 9.17) is 9.47 Å². The normalized spacial score (nSPS) is 14.1. The molecule has 0 spiro atoms. The van der Waals surface area contributed by atoms with Crippen LogP contribution in [0.5, 0.6) is 5.75 Å². The minimum Gasteiger partial charge on any atom is -0.489 e. The molecule has 2 aromatic carbocycles. The molecular weight excluding hydrogens is 375 g/mol. The Morgan fingerprint density at radius 3 is 2.83 bits per heavy atom. The van der Waals surface area contributed by atoms with Gasteiger partial charge in [-0.1, -0.05) is 12.1 Å². The Kier molecular flexibility index (Phi) is 7.30. The number of nitrogens with one attached hydrogen (secondary N) is 1. The van der Waals surface area contributed by atoms with Gasteiger partial charge in [-0.15, -0.1) is 0 Å². The number of rotatable bonds is 10. The van der Waals surface area contributed by atoms with Crippen LogP contribution in [0.3, 0.4) is 0 Å². The third-order valence-corrected chi connectivity index (χ3v) is 4.83. The van der Waals surface area contributed by atoms with E-state index in [0.717, 1.165) is 43.0 Å². The van der Waals surface area contributed by atoms with E-state index in [1.165, 1.54) is 12.1 Å². The Bertz CT molecular complexity index is 813. The lowest BCUT2D eigenvalue weighted by atomic mass is 10.1. The number of hydrogen-bond donors (Lipinski definition) is 2. The molecule has 0 bridgehead atoms. The van der Waals surface area contributed by atoms with E-state index in [2.05, 4.69) is 10.2 Å². The van der Waals surface area contributed by atoms with Gasteiger partial charge < -0.3 is 24.8 Å². The predicted molar refractivity (Wildman–Crippen MR) is 110 cm³/mol. The van der Waals surface area contributed by atoms with Crippen molar-refractivity contribution in [2.45, 2.75) is 25.9 Å². The van der Waals surface area contributed by atoms with Gasteiger partial charge in [-0.25, -0.2) is 9.18 Å². The van der Waals surface area contributed by atoms with E-state index in [1.54, 1.807) is 13.0 Å². The highest BCUT2D eigenvalue weighted by atomic mass is 19.1. The van der Waals surface area contributed by atoms with Crippen LogP contribution in [0.4, 0.5) is 15.8 Å². The van der Waals surface area contributed by atoms with Crippen LogP contribution in [0.25, 0.3) is 0 Å². The van der Waals surface area contributed by atoms with Gasteiger partial charge in [-0.2, -0.15) is 0 Å². The van der Waals surface area contributed by atoms with Crippen molar-refractivity contribution in [2.24, 2.45) is 0 Å². The Hall–Kier alpha value is -2.80. The second-order valence-corrected chi connectivity index (χ2v) is 6.91. The maximum absolute atomic E-state index is 13.3. The molecule has 0 saturated carbocycles. The summed E-state index contributed by atoms with van der Waals surface area (Å²) >= 11 is 0. The second-order valence-electron chi connectivity index (χ2n) is 6.91. The summed E-state index contributed by atoms with van der Waals surface area (Å²) in [5, 5.41) is 12.6. The number of benzene rings is 2. The molecule has 0 saturated heterocycles. The lowest BCUT2D eigenvalue weighted by molar-refractivity contribution is -0.149. The third kappa shape index (κ3) is 5.84. The zero-order valence-electron chi connectivity index (χ0n) is 16.6. The van der Waals surface area contributed by atoms with Crippen molar-refractivity contribution in [3.8, 4) is 5.75 Å². The molecule has 0 fully saturated rings. The molecule has 2 aromatic rings. The van der Waals surface area contributed by atoms with Crippen LogP contribution in [-0.2, 0) is 16.0 Å². The van der Waals surface area contributed by atoms with Gasteiger partial charge in [0.1, 0.15) is 18.2 Å². The highest BCUT2D eigenvalue weighted by Gasteiger charge is 2.19. The zero-order valence-corrected chi connectivity index (χ0v) is 16.6. The molecule has 29 heavy (non-hydrogen) atoms. The highest BCUT2D eigenvalue weighted by Crippen LogP contribution is 2.32. The number of carboxylic acid groups (broad SMARTS) is 1. The molecule has 1 unspecified atom stereocenters. The minimum atomic E-state index is -0.943. The summed E-state index contributed by atoms with van der Waals surface area (Å²) in [5.74, 6) is -0.625. The number of fused-ring (bicyclic) bond motifs is 1. The largest absolute Gasteiger partial charge is 0.489 e. The number of carboxylic acids is 1. The third-order valence-electron chi connectivity index (χ3n) is 4.83. The smallest absolute Gasteiger partial charge is 0.333 e. The molecule has 3 rings (SSSR count). The van der Waals surface area contributed by atoms with Gasteiger partial charge in [0.15, 0.2) is 6.10 Å². The van der Waals surface area contributed by atoms with E-state index in [-0.39, 0.29) is 5.82 Å². The lowest BCUT2D eigenvalue weighted by Crippen LogP contribution is -2.34. The van der Waals surface area contributed by atoms with Crippen LogP contribution < -0.4 is 15.0 Å². The van der Waals surface area contributed by atoms with Gasteiger partial charge >= 0.3 is 5.97 Å². The summed E-state index contributed by atoms with van der Waals surface area (Å²) in [7, 11) is 0. The maximum atomic E-state index is 13.3. The summed E-state index contributed by atoms with van der Waals surface area (Å²) < 4.78 is 24.1.